The van der Waals surface area contributed by atoms with Crippen molar-refractivity contribution in [3.63, 3.8) is 0 Å². The van der Waals surface area contributed by atoms with Crippen molar-refractivity contribution in [2.45, 2.75) is 26.4 Å². The Morgan fingerprint density at radius 1 is 1.07 bits per heavy atom. The molecule has 0 radical (unpaired) electrons. The number of nitrogens with one attached hydrogen (secondary N) is 1. The van der Waals surface area contributed by atoms with E-state index in [4.69, 9.17) is 11.6 Å². The molecule has 0 unspecified atom stereocenters. The third kappa shape index (κ3) is 5.05. The second-order valence-corrected chi connectivity index (χ2v) is 6.87. The molecule has 3 aromatic rings. The second kappa shape index (κ2) is 8.64. The molecule has 1 heterocycles. The largest absolute Gasteiger partial charge is 0.349 e. The molecule has 0 atom stereocenters. The molecule has 0 fully saturated rings. The van der Waals surface area contributed by atoms with Gasteiger partial charge < -0.3 is 10.2 Å². The maximum absolute atomic E-state index is 12.4. The Bertz CT molecular complexity index is 898. The summed E-state index contributed by atoms with van der Waals surface area (Å²) in [5.41, 5.74) is 2.06. The highest BCUT2D eigenvalue weighted by Crippen LogP contribution is 2.18. The van der Waals surface area contributed by atoms with E-state index in [2.05, 4.69) is 46.2 Å². The Labute approximate surface area is 164 Å². The summed E-state index contributed by atoms with van der Waals surface area (Å²) in [6, 6.07) is 17.4. The van der Waals surface area contributed by atoms with Crippen molar-refractivity contribution >= 4 is 29.0 Å². The molecule has 0 aliphatic carbocycles. The summed E-state index contributed by atoms with van der Waals surface area (Å²) in [6.07, 6.45) is 3.13. The van der Waals surface area contributed by atoms with E-state index in [9.17, 15) is 4.79 Å². The molecule has 5 nitrogen and oxygen atoms in total. The van der Waals surface area contributed by atoms with Gasteiger partial charge in [-0.3, -0.25) is 4.79 Å². The van der Waals surface area contributed by atoms with Gasteiger partial charge in [-0.25, -0.2) is 9.97 Å². The van der Waals surface area contributed by atoms with Gasteiger partial charge in [0.2, 0.25) is 0 Å². The number of rotatable bonds is 6. The predicted molar refractivity (Wildman–Crippen MR) is 109 cm³/mol. The smallest absolute Gasteiger partial charge is 0.275 e. The van der Waals surface area contributed by atoms with Crippen molar-refractivity contribution in [1.29, 1.82) is 0 Å². The van der Waals surface area contributed by atoms with E-state index in [1.54, 1.807) is 30.5 Å². The van der Waals surface area contributed by atoms with Crippen LogP contribution in [0.25, 0.3) is 0 Å². The molecule has 6 heteroatoms. The molecule has 138 valence electrons. The number of carbonyl (C=O) groups excluding carboxylic acids is 1. The SMILES string of the molecule is CC(C)N(Cc1ccccc1)c1cnc(C(=O)Nc2cccc(Cl)c2)cn1. The summed E-state index contributed by atoms with van der Waals surface area (Å²) in [5.74, 6) is 0.406. The van der Waals surface area contributed by atoms with Crippen LogP contribution in [0.1, 0.15) is 29.9 Å². The van der Waals surface area contributed by atoms with Crippen LogP contribution >= 0.6 is 11.6 Å². The van der Waals surface area contributed by atoms with E-state index < -0.39 is 0 Å². The average molecular weight is 381 g/mol. The zero-order valence-electron chi connectivity index (χ0n) is 15.3. The number of amides is 1. The van der Waals surface area contributed by atoms with Gasteiger partial charge in [0.25, 0.3) is 5.91 Å². The normalized spacial score (nSPS) is 10.7. The molecule has 0 aliphatic heterocycles. The third-order valence-corrected chi connectivity index (χ3v) is 4.30. The van der Waals surface area contributed by atoms with E-state index in [1.165, 1.54) is 11.8 Å². The van der Waals surface area contributed by atoms with Gasteiger partial charge in [0, 0.05) is 23.3 Å². The predicted octanol–water partition coefficient (Wildman–Crippen LogP) is 4.80. The molecule has 0 saturated heterocycles. The van der Waals surface area contributed by atoms with Crippen LogP contribution in [0.5, 0.6) is 0 Å². The van der Waals surface area contributed by atoms with Gasteiger partial charge in [-0.2, -0.15) is 0 Å². The van der Waals surface area contributed by atoms with Gasteiger partial charge in [-0.15, -0.1) is 0 Å². The van der Waals surface area contributed by atoms with E-state index in [-0.39, 0.29) is 17.6 Å². The summed E-state index contributed by atoms with van der Waals surface area (Å²) in [6.45, 7) is 4.93. The van der Waals surface area contributed by atoms with Crippen molar-refractivity contribution in [3.8, 4) is 0 Å². The van der Waals surface area contributed by atoms with Crippen LogP contribution < -0.4 is 10.2 Å². The highest BCUT2D eigenvalue weighted by molar-refractivity contribution is 6.30. The van der Waals surface area contributed by atoms with E-state index in [0.717, 1.165) is 12.4 Å². The van der Waals surface area contributed by atoms with Crippen LogP contribution in [-0.4, -0.2) is 21.9 Å². The van der Waals surface area contributed by atoms with Crippen molar-refractivity contribution < 1.29 is 4.79 Å². The Hall–Kier alpha value is -2.92. The molecule has 0 bridgehead atoms. The maximum atomic E-state index is 12.4. The fraction of sp³-hybridized carbons (Fsp3) is 0.190. The molecule has 0 saturated carbocycles. The summed E-state index contributed by atoms with van der Waals surface area (Å²) < 4.78 is 0. The summed E-state index contributed by atoms with van der Waals surface area (Å²) in [7, 11) is 0. The van der Waals surface area contributed by atoms with Crippen LogP contribution in [0.4, 0.5) is 11.5 Å². The molecule has 0 spiro atoms. The summed E-state index contributed by atoms with van der Waals surface area (Å²) >= 11 is 5.94. The van der Waals surface area contributed by atoms with Gasteiger partial charge in [-0.05, 0) is 37.6 Å². The number of anilines is 2. The first kappa shape index (κ1) is 18.9. The summed E-state index contributed by atoms with van der Waals surface area (Å²) in [5, 5.41) is 3.33. The molecular weight excluding hydrogens is 360 g/mol. The fourth-order valence-corrected chi connectivity index (χ4v) is 2.85. The number of nitrogens with zero attached hydrogens (tertiary/aromatic N) is 3. The highest BCUT2D eigenvalue weighted by Gasteiger charge is 2.15. The molecular formula is C21H21ClN4O. The fourth-order valence-electron chi connectivity index (χ4n) is 2.66. The molecule has 1 aromatic heterocycles. The van der Waals surface area contributed by atoms with E-state index in [1.807, 2.05) is 18.2 Å². The first-order chi connectivity index (χ1) is 13.0. The number of benzene rings is 2. The quantitative estimate of drug-likeness (QED) is 0.667. The Kier molecular flexibility index (Phi) is 6.04. The van der Waals surface area contributed by atoms with Crippen LogP contribution in [-0.2, 0) is 6.54 Å². The number of hydrogen-bond donors (Lipinski definition) is 1. The third-order valence-electron chi connectivity index (χ3n) is 4.07. The van der Waals surface area contributed by atoms with Gasteiger partial charge in [0.15, 0.2) is 0 Å². The zero-order valence-corrected chi connectivity index (χ0v) is 16.0. The molecule has 27 heavy (non-hydrogen) atoms. The topological polar surface area (TPSA) is 58.1 Å². The number of aromatic nitrogens is 2. The lowest BCUT2D eigenvalue weighted by Gasteiger charge is -2.27. The minimum atomic E-state index is -0.324. The second-order valence-electron chi connectivity index (χ2n) is 6.43. The van der Waals surface area contributed by atoms with Crippen LogP contribution in [0.3, 0.4) is 0 Å². The van der Waals surface area contributed by atoms with Crippen LogP contribution in [0.15, 0.2) is 67.0 Å². The summed E-state index contributed by atoms with van der Waals surface area (Å²) in [4.78, 5) is 23.2. The van der Waals surface area contributed by atoms with E-state index >= 15 is 0 Å². The number of halogens is 1. The minimum Gasteiger partial charge on any atom is -0.349 e. The monoisotopic (exact) mass is 380 g/mol. The maximum Gasteiger partial charge on any atom is 0.275 e. The number of hydrogen-bond acceptors (Lipinski definition) is 4. The Morgan fingerprint density at radius 2 is 1.85 bits per heavy atom. The van der Waals surface area contributed by atoms with Crippen molar-refractivity contribution in [2.24, 2.45) is 0 Å². The number of carbonyl (C=O) groups is 1. The van der Waals surface area contributed by atoms with Gasteiger partial charge in [-0.1, -0.05) is 48.0 Å². The zero-order chi connectivity index (χ0) is 19.2. The Balaban J connectivity index is 1.73. The molecule has 2 aromatic carbocycles. The molecule has 3 rings (SSSR count). The molecule has 1 amide bonds. The van der Waals surface area contributed by atoms with Gasteiger partial charge in [0.05, 0.1) is 12.4 Å². The van der Waals surface area contributed by atoms with E-state index in [0.29, 0.717) is 10.7 Å². The highest BCUT2D eigenvalue weighted by atomic mass is 35.5. The molecule has 0 aliphatic rings. The lowest BCUT2D eigenvalue weighted by Crippen LogP contribution is -2.31. The van der Waals surface area contributed by atoms with Crippen LogP contribution in [0.2, 0.25) is 5.02 Å². The van der Waals surface area contributed by atoms with Gasteiger partial charge in [0.1, 0.15) is 11.5 Å². The Morgan fingerprint density at radius 3 is 2.48 bits per heavy atom. The lowest BCUT2D eigenvalue weighted by atomic mass is 10.2. The van der Waals surface area contributed by atoms with Crippen molar-refractivity contribution in [2.75, 3.05) is 10.2 Å². The lowest BCUT2D eigenvalue weighted by molar-refractivity contribution is 0.102. The first-order valence-corrected chi connectivity index (χ1v) is 9.10. The van der Waals surface area contributed by atoms with Crippen LogP contribution in [0, 0.1) is 0 Å². The first-order valence-electron chi connectivity index (χ1n) is 8.72. The van der Waals surface area contributed by atoms with Gasteiger partial charge >= 0.3 is 0 Å². The molecule has 1 N–H and O–H groups in total. The van der Waals surface area contributed by atoms with Crippen molar-refractivity contribution in [3.05, 3.63) is 83.3 Å². The average Bonchev–Trinajstić information content (AvgIpc) is 2.67. The standard InChI is InChI=1S/C21H21ClN4O/c1-15(2)26(14-16-7-4-3-5-8-16)20-13-23-19(12-24-20)21(27)25-18-10-6-9-17(22)11-18/h3-13,15H,14H2,1-2H3,(H,25,27). The van der Waals surface area contributed by atoms with Crippen molar-refractivity contribution in [1.82, 2.24) is 9.97 Å². The minimum absolute atomic E-state index is 0.241.